The average molecular weight is 451 g/mol. The van der Waals surface area contributed by atoms with Crippen LogP contribution in [-0.2, 0) is 17.6 Å². The summed E-state index contributed by atoms with van der Waals surface area (Å²) in [5.74, 6) is 1.34. The summed E-state index contributed by atoms with van der Waals surface area (Å²) >= 11 is 0. The van der Waals surface area contributed by atoms with E-state index in [1.165, 1.54) is 49.0 Å². The lowest BCUT2D eigenvalue weighted by molar-refractivity contribution is 0.0129. The van der Waals surface area contributed by atoms with Gasteiger partial charge in [0.1, 0.15) is 18.1 Å². The molecule has 0 spiro atoms. The van der Waals surface area contributed by atoms with Gasteiger partial charge in [0, 0.05) is 38.4 Å². The summed E-state index contributed by atoms with van der Waals surface area (Å²) in [7, 11) is 0. The number of ether oxygens (including phenoxy) is 2. The number of nitrogens with zero attached hydrogens (tertiary/aromatic N) is 2. The molecule has 5 heteroatoms. The van der Waals surface area contributed by atoms with E-state index in [0.29, 0.717) is 17.8 Å². The normalized spacial score (nSPS) is 22.7. The lowest BCUT2D eigenvalue weighted by atomic mass is 9.86. The van der Waals surface area contributed by atoms with E-state index in [0.717, 1.165) is 64.3 Å². The second-order valence-corrected chi connectivity index (χ2v) is 9.83. The zero-order valence-electron chi connectivity index (χ0n) is 19.8. The molecule has 0 aromatic heterocycles. The van der Waals surface area contributed by atoms with Crippen molar-refractivity contribution in [1.29, 1.82) is 0 Å². The molecule has 0 bridgehead atoms. The number of benzene rings is 2. The van der Waals surface area contributed by atoms with Crippen molar-refractivity contribution < 1.29 is 14.6 Å². The Hall–Kier alpha value is -2.08. The molecule has 0 amide bonds. The first-order valence-electron chi connectivity index (χ1n) is 12.9. The van der Waals surface area contributed by atoms with E-state index in [1.54, 1.807) is 0 Å². The minimum absolute atomic E-state index is 0.336. The quantitative estimate of drug-likeness (QED) is 0.669. The van der Waals surface area contributed by atoms with Gasteiger partial charge in [-0.05, 0) is 92.6 Å². The van der Waals surface area contributed by atoms with Gasteiger partial charge in [-0.15, -0.1) is 0 Å². The van der Waals surface area contributed by atoms with E-state index >= 15 is 0 Å². The first kappa shape index (κ1) is 22.7. The molecule has 3 aliphatic heterocycles. The highest BCUT2D eigenvalue weighted by Crippen LogP contribution is 2.37. The van der Waals surface area contributed by atoms with Gasteiger partial charge in [0.2, 0.25) is 0 Å². The van der Waals surface area contributed by atoms with Gasteiger partial charge < -0.3 is 14.6 Å². The Balaban J connectivity index is 1.25. The minimum Gasteiger partial charge on any atom is -0.508 e. The number of likely N-dealkylation sites (tertiary alicyclic amines) is 1. The first-order valence-corrected chi connectivity index (χ1v) is 12.9. The maximum atomic E-state index is 10.0. The SMILES string of the molecule is Oc1ccc2c(c1)CCN(C1CCOCC1)C2Cc1ccc(OCCN2CCCCC2)cc1. The summed E-state index contributed by atoms with van der Waals surface area (Å²) in [6.07, 6.45) is 8.20. The van der Waals surface area contributed by atoms with Crippen LogP contribution in [0.25, 0.3) is 0 Å². The number of piperidine rings is 1. The molecule has 0 saturated carbocycles. The smallest absolute Gasteiger partial charge is 0.119 e. The molecule has 33 heavy (non-hydrogen) atoms. The van der Waals surface area contributed by atoms with Crippen LogP contribution >= 0.6 is 0 Å². The number of aromatic hydroxyl groups is 1. The van der Waals surface area contributed by atoms with E-state index in [1.807, 2.05) is 12.1 Å². The van der Waals surface area contributed by atoms with Crippen molar-refractivity contribution in [2.24, 2.45) is 0 Å². The number of phenols is 1. The van der Waals surface area contributed by atoms with Gasteiger partial charge >= 0.3 is 0 Å². The highest BCUT2D eigenvalue weighted by Gasteiger charge is 2.33. The van der Waals surface area contributed by atoms with Gasteiger partial charge in [-0.25, -0.2) is 0 Å². The van der Waals surface area contributed by atoms with Crippen molar-refractivity contribution >= 4 is 0 Å². The monoisotopic (exact) mass is 450 g/mol. The predicted molar refractivity (Wildman–Crippen MR) is 131 cm³/mol. The molecule has 1 unspecified atom stereocenters. The number of hydrogen-bond acceptors (Lipinski definition) is 5. The van der Waals surface area contributed by atoms with Crippen molar-refractivity contribution in [2.75, 3.05) is 46.0 Å². The fourth-order valence-electron chi connectivity index (χ4n) is 5.82. The van der Waals surface area contributed by atoms with Crippen LogP contribution in [-0.4, -0.2) is 66.9 Å². The molecule has 0 aliphatic carbocycles. The molecule has 3 heterocycles. The molecule has 178 valence electrons. The molecule has 5 nitrogen and oxygen atoms in total. The topological polar surface area (TPSA) is 45.2 Å². The fraction of sp³-hybridized carbons (Fsp3) is 0.571. The van der Waals surface area contributed by atoms with Crippen molar-refractivity contribution in [3.05, 3.63) is 59.2 Å². The second-order valence-electron chi connectivity index (χ2n) is 9.83. The standard InChI is InChI=1S/C28H38N2O3/c31-25-6-9-27-23(21-25)10-15-30(24-11-17-32-18-12-24)28(27)20-22-4-7-26(8-5-22)33-19-16-29-13-2-1-3-14-29/h4-9,21,24,28,31H,1-3,10-20H2. The Bertz CT molecular complexity index is 889. The molecule has 1 atom stereocenters. The highest BCUT2D eigenvalue weighted by atomic mass is 16.5. The van der Waals surface area contributed by atoms with Gasteiger partial charge in [0.05, 0.1) is 0 Å². The average Bonchev–Trinajstić information content (AvgIpc) is 2.86. The Kier molecular flexibility index (Phi) is 7.50. The maximum absolute atomic E-state index is 10.0. The molecule has 0 radical (unpaired) electrons. The molecule has 2 aromatic rings. The molecule has 2 aromatic carbocycles. The third-order valence-corrected chi connectivity index (χ3v) is 7.66. The lowest BCUT2D eigenvalue weighted by Gasteiger charge is -2.44. The fourth-order valence-corrected chi connectivity index (χ4v) is 5.82. The van der Waals surface area contributed by atoms with Gasteiger partial charge in [-0.1, -0.05) is 24.6 Å². The summed E-state index contributed by atoms with van der Waals surface area (Å²) in [4.78, 5) is 5.21. The van der Waals surface area contributed by atoms with Gasteiger partial charge in [-0.2, -0.15) is 0 Å². The zero-order chi connectivity index (χ0) is 22.5. The molecular weight excluding hydrogens is 412 g/mol. The van der Waals surface area contributed by atoms with E-state index in [-0.39, 0.29) is 0 Å². The Morgan fingerprint density at radius 1 is 0.939 bits per heavy atom. The second kappa shape index (κ2) is 10.9. The maximum Gasteiger partial charge on any atom is 0.119 e. The van der Waals surface area contributed by atoms with Crippen molar-refractivity contribution in [3.63, 3.8) is 0 Å². The van der Waals surface area contributed by atoms with Gasteiger partial charge in [0.25, 0.3) is 0 Å². The van der Waals surface area contributed by atoms with Gasteiger partial charge in [-0.3, -0.25) is 9.80 Å². The van der Waals surface area contributed by atoms with Crippen LogP contribution < -0.4 is 4.74 Å². The predicted octanol–water partition coefficient (Wildman–Crippen LogP) is 4.58. The largest absolute Gasteiger partial charge is 0.508 e. The third kappa shape index (κ3) is 5.71. The van der Waals surface area contributed by atoms with E-state index in [9.17, 15) is 5.11 Å². The highest BCUT2D eigenvalue weighted by molar-refractivity contribution is 5.40. The first-order chi connectivity index (χ1) is 16.3. The van der Waals surface area contributed by atoms with Crippen LogP contribution in [0.4, 0.5) is 0 Å². The van der Waals surface area contributed by atoms with Crippen LogP contribution in [0.15, 0.2) is 42.5 Å². The molecule has 2 saturated heterocycles. The minimum atomic E-state index is 0.336. The summed E-state index contributed by atoms with van der Waals surface area (Å²) in [5, 5.41) is 10.0. The van der Waals surface area contributed by atoms with Crippen LogP contribution in [0, 0.1) is 0 Å². The van der Waals surface area contributed by atoms with Crippen LogP contribution in [0.2, 0.25) is 0 Å². The van der Waals surface area contributed by atoms with Gasteiger partial charge in [0.15, 0.2) is 0 Å². The molecule has 5 rings (SSSR count). The zero-order valence-corrected chi connectivity index (χ0v) is 19.8. The van der Waals surface area contributed by atoms with Crippen molar-refractivity contribution in [3.8, 4) is 11.5 Å². The van der Waals surface area contributed by atoms with E-state index in [4.69, 9.17) is 9.47 Å². The molecule has 2 fully saturated rings. The summed E-state index contributed by atoms with van der Waals surface area (Å²) in [5.41, 5.74) is 4.00. The summed E-state index contributed by atoms with van der Waals surface area (Å²) in [6, 6.07) is 15.6. The van der Waals surface area contributed by atoms with Crippen molar-refractivity contribution in [1.82, 2.24) is 9.80 Å². The van der Waals surface area contributed by atoms with E-state index < -0.39 is 0 Å². The summed E-state index contributed by atoms with van der Waals surface area (Å²) in [6.45, 7) is 6.98. The van der Waals surface area contributed by atoms with Crippen LogP contribution in [0.3, 0.4) is 0 Å². The number of hydrogen-bond donors (Lipinski definition) is 1. The third-order valence-electron chi connectivity index (χ3n) is 7.66. The molecule has 1 N–H and O–H groups in total. The lowest BCUT2D eigenvalue weighted by Crippen LogP contribution is -2.46. The Labute approximate surface area is 198 Å². The van der Waals surface area contributed by atoms with Crippen molar-refractivity contribution in [2.45, 2.75) is 57.0 Å². The molecule has 3 aliphatic rings. The number of fused-ring (bicyclic) bond motifs is 1. The van der Waals surface area contributed by atoms with Crippen LogP contribution in [0.1, 0.15) is 54.8 Å². The Morgan fingerprint density at radius 3 is 2.52 bits per heavy atom. The van der Waals surface area contributed by atoms with E-state index in [2.05, 4.69) is 40.1 Å². The Morgan fingerprint density at radius 2 is 1.73 bits per heavy atom. The van der Waals surface area contributed by atoms with Crippen LogP contribution in [0.5, 0.6) is 11.5 Å². The summed E-state index contributed by atoms with van der Waals surface area (Å²) < 4.78 is 11.7. The number of rotatable bonds is 7. The number of phenolic OH excluding ortho intramolecular Hbond substituents is 1. The molecular formula is C28H38N2O3.